The molecule has 92 valence electrons. The van der Waals surface area contributed by atoms with Crippen LogP contribution in [0.15, 0.2) is 12.4 Å². The van der Waals surface area contributed by atoms with E-state index in [0.29, 0.717) is 17.9 Å². The molecule has 0 aliphatic carbocycles. The first-order valence-electron chi connectivity index (χ1n) is 6.36. The molecular formula is C13H25N3. The van der Waals surface area contributed by atoms with Crippen molar-refractivity contribution in [3.05, 3.63) is 18.2 Å². The molecule has 1 heterocycles. The Bertz CT molecular complexity index is 304. The fraction of sp³-hybridized carbons (Fsp3) is 0.769. The molecule has 0 bridgehead atoms. The van der Waals surface area contributed by atoms with Crippen molar-refractivity contribution in [3.8, 4) is 0 Å². The van der Waals surface area contributed by atoms with E-state index in [0.717, 1.165) is 13.1 Å². The van der Waals surface area contributed by atoms with Crippen LogP contribution in [0.1, 0.15) is 46.4 Å². The summed E-state index contributed by atoms with van der Waals surface area (Å²) in [5.74, 6) is 2.29. The van der Waals surface area contributed by atoms with E-state index in [2.05, 4.69) is 55.7 Å². The van der Waals surface area contributed by atoms with Gasteiger partial charge in [0.25, 0.3) is 0 Å². The minimum absolute atomic E-state index is 0.470. The van der Waals surface area contributed by atoms with Crippen LogP contribution in [-0.2, 0) is 6.54 Å². The second-order valence-electron chi connectivity index (χ2n) is 4.69. The van der Waals surface area contributed by atoms with Gasteiger partial charge in [-0.05, 0) is 26.3 Å². The maximum absolute atomic E-state index is 4.53. The van der Waals surface area contributed by atoms with E-state index in [1.807, 2.05) is 6.20 Å². The van der Waals surface area contributed by atoms with Gasteiger partial charge in [0.15, 0.2) is 0 Å². The molecule has 0 spiro atoms. The summed E-state index contributed by atoms with van der Waals surface area (Å²) in [6, 6.07) is 0.470. The van der Waals surface area contributed by atoms with E-state index in [-0.39, 0.29) is 0 Å². The molecule has 1 N–H and O–H groups in total. The smallest absolute Gasteiger partial charge is 0.113 e. The highest BCUT2D eigenvalue weighted by molar-refractivity contribution is 5.05. The van der Waals surface area contributed by atoms with Crippen LogP contribution < -0.4 is 5.32 Å². The van der Waals surface area contributed by atoms with Crippen molar-refractivity contribution >= 4 is 0 Å². The Morgan fingerprint density at radius 2 is 2.00 bits per heavy atom. The number of nitrogens with one attached hydrogen (secondary N) is 1. The molecule has 0 aliphatic heterocycles. The second kappa shape index (κ2) is 6.04. The number of hydrogen-bond donors (Lipinski definition) is 1. The molecule has 0 saturated carbocycles. The van der Waals surface area contributed by atoms with E-state index >= 15 is 0 Å². The summed E-state index contributed by atoms with van der Waals surface area (Å²) in [7, 11) is 0. The van der Waals surface area contributed by atoms with Crippen molar-refractivity contribution in [3.63, 3.8) is 0 Å². The van der Waals surface area contributed by atoms with Crippen LogP contribution in [-0.4, -0.2) is 22.1 Å². The first-order valence-corrected chi connectivity index (χ1v) is 6.36. The molecule has 0 aromatic carbocycles. The summed E-state index contributed by atoms with van der Waals surface area (Å²) < 4.78 is 2.25. The molecule has 3 heteroatoms. The normalized spacial score (nSPS) is 15.4. The Balaban J connectivity index is 2.93. The van der Waals surface area contributed by atoms with Gasteiger partial charge in [0, 0.05) is 30.9 Å². The fourth-order valence-electron chi connectivity index (χ4n) is 2.43. The lowest BCUT2D eigenvalue weighted by atomic mass is 9.88. The van der Waals surface area contributed by atoms with Crippen molar-refractivity contribution in [1.29, 1.82) is 0 Å². The number of rotatable bonds is 6. The second-order valence-corrected chi connectivity index (χ2v) is 4.69. The quantitative estimate of drug-likeness (QED) is 0.803. The van der Waals surface area contributed by atoms with Crippen molar-refractivity contribution in [2.45, 2.75) is 53.1 Å². The lowest BCUT2D eigenvalue weighted by Gasteiger charge is -2.28. The summed E-state index contributed by atoms with van der Waals surface area (Å²) in [5, 5.41) is 3.51. The molecule has 16 heavy (non-hydrogen) atoms. The van der Waals surface area contributed by atoms with E-state index in [1.54, 1.807) is 0 Å². The minimum atomic E-state index is 0.470. The first-order chi connectivity index (χ1) is 7.61. The zero-order valence-corrected chi connectivity index (χ0v) is 11.2. The summed E-state index contributed by atoms with van der Waals surface area (Å²) in [5.41, 5.74) is 0. The topological polar surface area (TPSA) is 29.9 Å². The zero-order chi connectivity index (χ0) is 12.1. The monoisotopic (exact) mass is 223 g/mol. The third-order valence-electron chi connectivity index (χ3n) is 3.17. The van der Waals surface area contributed by atoms with E-state index in [4.69, 9.17) is 0 Å². The number of hydrogen-bond acceptors (Lipinski definition) is 2. The van der Waals surface area contributed by atoms with E-state index in [9.17, 15) is 0 Å². The van der Waals surface area contributed by atoms with Gasteiger partial charge in [-0.1, -0.05) is 20.8 Å². The molecule has 0 radical (unpaired) electrons. The van der Waals surface area contributed by atoms with Crippen LogP contribution in [0.2, 0.25) is 0 Å². The van der Waals surface area contributed by atoms with Gasteiger partial charge >= 0.3 is 0 Å². The first kappa shape index (κ1) is 13.2. The number of likely N-dealkylation sites (N-methyl/N-ethyl adjacent to an activating group) is 1. The summed E-state index contributed by atoms with van der Waals surface area (Å²) in [4.78, 5) is 4.53. The molecule has 2 atom stereocenters. The number of imidazole rings is 1. The number of nitrogens with zero attached hydrogens (tertiary/aromatic N) is 2. The lowest BCUT2D eigenvalue weighted by molar-refractivity contribution is 0.359. The maximum atomic E-state index is 4.53. The molecule has 2 unspecified atom stereocenters. The maximum Gasteiger partial charge on any atom is 0.113 e. The average Bonchev–Trinajstić information content (AvgIpc) is 2.66. The molecular weight excluding hydrogens is 198 g/mol. The highest BCUT2D eigenvalue weighted by Gasteiger charge is 2.25. The van der Waals surface area contributed by atoms with Crippen molar-refractivity contribution < 1.29 is 0 Å². The average molecular weight is 223 g/mol. The van der Waals surface area contributed by atoms with Crippen molar-refractivity contribution in [1.82, 2.24) is 14.9 Å². The molecule has 3 nitrogen and oxygen atoms in total. The van der Waals surface area contributed by atoms with Gasteiger partial charge in [-0.3, -0.25) is 0 Å². The van der Waals surface area contributed by atoms with Crippen LogP contribution in [0.5, 0.6) is 0 Å². The largest absolute Gasteiger partial charge is 0.335 e. The summed E-state index contributed by atoms with van der Waals surface area (Å²) in [6.07, 6.45) is 3.98. The van der Waals surface area contributed by atoms with Gasteiger partial charge in [-0.25, -0.2) is 4.98 Å². The Kier molecular flexibility index (Phi) is 5.00. The van der Waals surface area contributed by atoms with Crippen molar-refractivity contribution in [2.75, 3.05) is 6.54 Å². The fourth-order valence-corrected chi connectivity index (χ4v) is 2.43. The molecule has 0 aliphatic rings. The Labute approximate surface area is 99.3 Å². The van der Waals surface area contributed by atoms with Gasteiger partial charge in [0.1, 0.15) is 5.82 Å². The van der Waals surface area contributed by atoms with Crippen molar-refractivity contribution in [2.24, 2.45) is 5.92 Å². The van der Waals surface area contributed by atoms with Gasteiger partial charge in [-0.2, -0.15) is 0 Å². The van der Waals surface area contributed by atoms with Crippen LogP contribution in [0.4, 0.5) is 0 Å². The van der Waals surface area contributed by atoms with E-state index in [1.165, 1.54) is 5.82 Å². The molecule has 1 aromatic rings. The van der Waals surface area contributed by atoms with Gasteiger partial charge in [0.05, 0.1) is 0 Å². The summed E-state index contributed by atoms with van der Waals surface area (Å²) in [6.45, 7) is 13.1. The zero-order valence-electron chi connectivity index (χ0n) is 11.2. The minimum Gasteiger partial charge on any atom is -0.335 e. The molecule has 0 amide bonds. The standard InChI is InChI=1S/C13H25N3/c1-6-14-11(5)12(10(3)4)13-15-8-9-16(13)7-2/h8-12,14H,6-7H2,1-5H3. The molecule has 1 aromatic heterocycles. The third kappa shape index (κ3) is 2.85. The predicted molar refractivity (Wildman–Crippen MR) is 68.6 cm³/mol. The van der Waals surface area contributed by atoms with Gasteiger partial charge in [-0.15, -0.1) is 0 Å². The lowest BCUT2D eigenvalue weighted by Crippen LogP contribution is -2.36. The van der Waals surface area contributed by atoms with Crippen LogP contribution in [0.25, 0.3) is 0 Å². The SMILES string of the molecule is CCNC(C)C(c1nccn1CC)C(C)C. The van der Waals surface area contributed by atoms with Crippen LogP contribution in [0, 0.1) is 5.92 Å². The predicted octanol–water partition coefficient (Wildman–Crippen LogP) is 2.64. The highest BCUT2D eigenvalue weighted by Crippen LogP contribution is 2.26. The van der Waals surface area contributed by atoms with Crippen LogP contribution >= 0.6 is 0 Å². The Morgan fingerprint density at radius 3 is 2.50 bits per heavy atom. The van der Waals surface area contributed by atoms with Crippen LogP contribution in [0.3, 0.4) is 0 Å². The van der Waals surface area contributed by atoms with E-state index < -0.39 is 0 Å². The number of aryl methyl sites for hydroxylation is 1. The summed E-state index contributed by atoms with van der Waals surface area (Å²) >= 11 is 0. The molecule has 1 rings (SSSR count). The van der Waals surface area contributed by atoms with Gasteiger partial charge in [0.2, 0.25) is 0 Å². The third-order valence-corrected chi connectivity index (χ3v) is 3.17. The molecule has 0 fully saturated rings. The van der Waals surface area contributed by atoms with Gasteiger partial charge < -0.3 is 9.88 Å². The number of aromatic nitrogens is 2. The Hall–Kier alpha value is -0.830. The highest BCUT2D eigenvalue weighted by atomic mass is 15.1. The Morgan fingerprint density at radius 1 is 1.31 bits per heavy atom. The molecule has 0 saturated heterocycles.